The molecule has 2 aromatic heterocycles. The van der Waals surface area contributed by atoms with Gasteiger partial charge in [0.15, 0.2) is 5.75 Å². The Labute approximate surface area is 189 Å². The standard InChI is InChI=1S/C20H20Cl2N4O4S/c1-4-7-31(28,29)25-17-10-16(13-5-6-18(27)26(3)11-13)23-20(24-17)30-19-12(2)8-14(21)9-15(19)22/h5-6,8-11H,4,7H2,1-3H3,(H,23,24,25). The van der Waals surface area contributed by atoms with Crippen LogP contribution in [0, 0.1) is 6.92 Å². The lowest BCUT2D eigenvalue weighted by atomic mass is 10.2. The summed E-state index contributed by atoms with van der Waals surface area (Å²) in [5, 5.41) is 0.706. The predicted octanol–water partition coefficient (Wildman–Crippen LogP) is 4.40. The predicted molar refractivity (Wildman–Crippen MR) is 122 cm³/mol. The fraction of sp³-hybridized carbons (Fsp3) is 0.250. The number of nitrogens with one attached hydrogen (secondary N) is 1. The molecule has 3 rings (SSSR count). The van der Waals surface area contributed by atoms with Crippen molar-refractivity contribution in [1.82, 2.24) is 14.5 Å². The number of benzene rings is 1. The number of anilines is 1. The second-order valence-corrected chi connectivity index (χ2v) is 9.53. The molecule has 0 saturated carbocycles. The number of sulfonamides is 1. The van der Waals surface area contributed by atoms with Crippen molar-refractivity contribution < 1.29 is 13.2 Å². The lowest BCUT2D eigenvalue weighted by Gasteiger charge is -2.13. The zero-order valence-corrected chi connectivity index (χ0v) is 19.3. The Kier molecular flexibility index (Phi) is 6.88. The van der Waals surface area contributed by atoms with Gasteiger partial charge < -0.3 is 9.30 Å². The van der Waals surface area contributed by atoms with Crippen molar-refractivity contribution in [1.29, 1.82) is 0 Å². The number of halogens is 2. The average molecular weight is 483 g/mol. The minimum atomic E-state index is -3.60. The van der Waals surface area contributed by atoms with E-state index in [0.717, 1.165) is 0 Å². The molecular formula is C20H20Cl2N4O4S. The van der Waals surface area contributed by atoms with E-state index in [1.54, 1.807) is 39.2 Å². The van der Waals surface area contributed by atoms with Gasteiger partial charge in [-0.25, -0.2) is 8.42 Å². The molecule has 31 heavy (non-hydrogen) atoms. The van der Waals surface area contributed by atoms with Crippen LogP contribution in [-0.4, -0.2) is 28.7 Å². The maximum Gasteiger partial charge on any atom is 0.324 e. The monoisotopic (exact) mass is 482 g/mol. The van der Waals surface area contributed by atoms with E-state index in [2.05, 4.69) is 14.7 Å². The maximum absolute atomic E-state index is 12.3. The van der Waals surface area contributed by atoms with Gasteiger partial charge in [-0.1, -0.05) is 30.1 Å². The number of hydrogen-bond donors (Lipinski definition) is 1. The van der Waals surface area contributed by atoms with Crippen LogP contribution >= 0.6 is 23.2 Å². The van der Waals surface area contributed by atoms with Crippen molar-refractivity contribution in [2.75, 3.05) is 10.5 Å². The number of aryl methyl sites for hydroxylation is 2. The van der Waals surface area contributed by atoms with Crippen LogP contribution < -0.4 is 15.0 Å². The first-order valence-corrected chi connectivity index (χ1v) is 11.7. The average Bonchev–Trinajstić information content (AvgIpc) is 2.66. The van der Waals surface area contributed by atoms with E-state index >= 15 is 0 Å². The van der Waals surface area contributed by atoms with Crippen LogP contribution in [0.1, 0.15) is 18.9 Å². The molecule has 3 aromatic rings. The Morgan fingerprint density at radius 3 is 2.55 bits per heavy atom. The first-order valence-electron chi connectivity index (χ1n) is 9.28. The van der Waals surface area contributed by atoms with Crippen LogP contribution in [0.3, 0.4) is 0 Å². The Bertz CT molecular complexity index is 1270. The summed E-state index contributed by atoms with van der Waals surface area (Å²) in [5.74, 6) is 0.265. The summed E-state index contributed by atoms with van der Waals surface area (Å²) >= 11 is 12.3. The molecule has 0 saturated heterocycles. The normalized spacial score (nSPS) is 11.4. The van der Waals surface area contributed by atoms with Crippen LogP contribution in [0.15, 0.2) is 41.3 Å². The highest BCUT2D eigenvalue weighted by atomic mass is 35.5. The molecule has 0 radical (unpaired) electrons. The third-order valence-electron chi connectivity index (χ3n) is 4.21. The molecule has 164 valence electrons. The third kappa shape index (κ3) is 5.75. The molecule has 0 unspecified atom stereocenters. The van der Waals surface area contributed by atoms with Gasteiger partial charge in [0.05, 0.1) is 16.5 Å². The summed E-state index contributed by atoms with van der Waals surface area (Å²) < 4.78 is 34.2. The smallest absolute Gasteiger partial charge is 0.324 e. The lowest BCUT2D eigenvalue weighted by Crippen LogP contribution is -2.17. The molecule has 0 fully saturated rings. The summed E-state index contributed by atoms with van der Waals surface area (Å²) in [6.45, 7) is 3.52. The minimum Gasteiger partial charge on any atom is -0.422 e. The number of pyridine rings is 1. The quantitative estimate of drug-likeness (QED) is 0.534. The number of ether oxygens (including phenoxy) is 1. The van der Waals surface area contributed by atoms with Gasteiger partial charge in [0.2, 0.25) is 15.6 Å². The summed E-state index contributed by atoms with van der Waals surface area (Å²) in [5.41, 5.74) is 1.39. The van der Waals surface area contributed by atoms with Crippen LogP contribution in [0.4, 0.5) is 5.82 Å². The number of rotatable bonds is 7. The van der Waals surface area contributed by atoms with E-state index in [9.17, 15) is 13.2 Å². The van der Waals surface area contributed by atoms with E-state index in [-0.39, 0.29) is 28.2 Å². The van der Waals surface area contributed by atoms with Crippen molar-refractivity contribution >= 4 is 39.0 Å². The van der Waals surface area contributed by atoms with Gasteiger partial charge in [-0.15, -0.1) is 0 Å². The highest BCUT2D eigenvalue weighted by Crippen LogP contribution is 2.35. The van der Waals surface area contributed by atoms with Gasteiger partial charge in [-0.3, -0.25) is 9.52 Å². The number of hydrogen-bond acceptors (Lipinski definition) is 6. The van der Waals surface area contributed by atoms with E-state index in [4.69, 9.17) is 27.9 Å². The highest BCUT2D eigenvalue weighted by Gasteiger charge is 2.16. The summed E-state index contributed by atoms with van der Waals surface area (Å²) in [4.78, 5) is 20.3. The van der Waals surface area contributed by atoms with Crippen molar-refractivity contribution in [2.45, 2.75) is 20.3 Å². The first-order chi connectivity index (χ1) is 14.6. The van der Waals surface area contributed by atoms with Gasteiger partial charge in [0.25, 0.3) is 0 Å². The Balaban J connectivity index is 2.10. The fourth-order valence-electron chi connectivity index (χ4n) is 2.81. The zero-order chi connectivity index (χ0) is 22.8. The van der Waals surface area contributed by atoms with Crippen molar-refractivity contribution in [2.24, 2.45) is 7.05 Å². The highest BCUT2D eigenvalue weighted by molar-refractivity contribution is 7.92. The van der Waals surface area contributed by atoms with Gasteiger partial charge in [0.1, 0.15) is 5.82 Å². The van der Waals surface area contributed by atoms with E-state index in [1.165, 1.54) is 22.8 Å². The van der Waals surface area contributed by atoms with Crippen molar-refractivity contribution in [3.8, 4) is 23.0 Å². The molecule has 8 nitrogen and oxygen atoms in total. The second-order valence-electron chi connectivity index (χ2n) is 6.84. The van der Waals surface area contributed by atoms with Gasteiger partial charge in [0, 0.05) is 36.0 Å². The molecule has 11 heteroatoms. The second kappa shape index (κ2) is 9.25. The summed E-state index contributed by atoms with van der Waals surface area (Å²) in [7, 11) is -2.00. The Morgan fingerprint density at radius 2 is 1.90 bits per heavy atom. The zero-order valence-electron chi connectivity index (χ0n) is 17.0. The van der Waals surface area contributed by atoms with Gasteiger partial charge in [-0.05, 0) is 37.1 Å². The van der Waals surface area contributed by atoms with E-state index < -0.39 is 10.0 Å². The molecule has 2 heterocycles. The van der Waals surface area contributed by atoms with Crippen LogP contribution in [0.25, 0.3) is 11.3 Å². The summed E-state index contributed by atoms with van der Waals surface area (Å²) in [6.07, 6.45) is 2.02. The fourth-order valence-corrected chi connectivity index (χ4v) is 4.50. The van der Waals surface area contributed by atoms with Crippen LogP contribution in [0.5, 0.6) is 11.8 Å². The van der Waals surface area contributed by atoms with Crippen molar-refractivity contribution in [3.63, 3.8) is 0 Å². The Morgan fingerprint density at radius 1 is 1.16 bits per heavy atom. The lowest BCUT2D eigenvalue weighted by molar-refractivity contribution is 0.440. The molecule has 1 aromatic carbocycles. The molecule has 0 spiro atoms. The molecule has 0 bridgehead atoms. The molecule has 0 aliphatic rings. The maximum atomic E-state index is 12.3. The van der Waals surface area contributed by atoms with Crippen molar-refractivity contribution in [3.05, 3.63) is 62.5 Å². The molecule has 0 amide bonds. The molecular weight excluding hydrogens is 463 g/mol. The van der Waals surface area contributed by atoms with Gasteiger partial charge >= 0.3 is 6.01 Å². The van der Waals surface area contributed by atoms with E-state index in [1.807, 2.05) is 0 Å². The molecule has 0 aliphatic carbocycles. The first kappa shape index (κ1) is 23.1. The van der Waals surface area contributed by atoms with Gasteiger partial charge in [-0.2, -0.15) is 9.97 Å². The van der Waals surface area contributed by atoms with E-state index in [0.29, 0.717) is 34.0 Å². The number of aromatic nitrogens is 3. The van der Waals surface area contributed by atoms with Crippen LogP contribution in [0.2, 0.25) is 10.0 Å². The number of nitrogens with zero attached hydrogens (tertiary/aromatic N) is 3. The topological polar surface area (TPSA) is 103 Å². The molecule has 0 atom stereocenters. The Hall–Kier alpha value is -2.62. The SMILES string of the molecule is CCCS(=O)(=O)Nc1cc(-c2ccc(=O)n(C)c2)nc(Oc2c(C)cc(Cl)cc2Cl)n1. The minimum absolute atomic E-state index is 0.0324. The molecule has 1 N–H and O–H groups in total. The largest absolute Gasteiger partial charge is 0.422 e. The third-order valence-corrected chi connectivity index (χ3v) is 6.17. The summed E-state index contributed by atoms with van der Waals surface area (Å²) in [6, 6.07) is 7.51. The molecule has 0 aliphatic heterocycles. The van der Waals surface area contributed by atoms with Crippen LogP contribution in [-0.2, 0) is 17.1 Å².